The first-order chi connectivity index (χ1) is 4.74. The number of nitrogens with one attached hydrogen (secondary N) is 1. The third-order valence-electron chi connectivity index (χ3n) is 1.20. The molecule has 10 heavy (non-hydrogen) atoms. The highest BCUT2D eigenvalue weighted by Crippen LogP contribution is 2.16. The average molecular weight is 202 g/mol. The Balaban J connectivity index is 2.88. The number of aliphatic hydroxyl groups is 1. The average Bonchev–Trinajstić information content (AvgIpc) is 1.88. The van der Waals surface area contributed by atoms with Gasteiger partial charge in [0.25, 0.3) is 0 Å². The Kier molecular flexibility index (Phi) is 2.17. The molecule has 0 saturated carbocycles. The molecule has 0 fully saturated rings. The first-order valence-corrected chi connectivity index (χ1v) is 3.73. The van der Waals surface area contributed by atoms with Crippen LogP contribution >= 0.6 is 15.9 Å². The molecule has 0 aliphatic carbocycles. The molecule has 2 nitrogen and oxygen atoms in total. The van der Waals surface area contributed by atoms with Crippen molar-refractivity contribution in [3.63, 3.8) is 0 Å². The van der Waals surface area contributed by atoms with Crippen LogP contribution in [0.15, 0.2) is 34.3 Å². The molecule has 0 spiro atoms. The maximum atomic E-state index is 9.20. The van der Waals surface area contributed by atoms with Gasteiger partial charge in [-0.1, -0.05) is 6.08 Å². The number of allylic oxidation sites excluding steroid dienone is 3. The fraction of sp³-hybridized carbons (Fsp3) is 0.143. The van der Waals surface area contributed by atoms with Gasteiger partial charge in [0.2, 0.25) is 0 Å². The van der Waals surface area contributed by atoms with Gasteiger partial charge >= 0.3 is 0 Å². The van der Waals surface area contributed by atoms with E-state index in [0.29, 0.717) is 0 Å². The molecule has 0 radical (unpaired) electrons. The van der Waals surface area contributed by atoms with Crippen LogP contribution in [0.5, 0.6) is 0 Å². The van der Waals surface area contributed by atoms with Gasteiger partial charge in [0.1, 0.15) is 5.76 Å². The zero-order valence-electron chi connectivity index (χ0n) is 5.56. The molecule has 1 aliphatic rings. The zero-order chi connectivity index (χ0) is 7.56. The lowest BCUT2D eigenvalue weighted by molar-refractivity contribution is 0.416. The van der Waals surface area contributed by atoms with Crippen LogP contribution in [0.2, 0.25) is 0 Å². The van der Waals surface area contributed by atoms with E-state index in [9.17, 15) is 5.11 Å². The number of hydrogen-bond donors (Lipinski definition) is 2. The molecule has 2 N–H and O–H groups in total. The second kappa shape index (κ2) is 2.92. The van der Waals surface area contributed by atoms with E-state index >= 15 is 0 Å². The molecule has 0 bridgehead atoms. The lowest BCUT2D eigenvalue weighted by atomic mass is 10.3. The van der Waals surface area contributed by atoms with E-state index in [2.05, 4.69) is 21.2 Å². The number of dihydropyridines is 1. The van der Waals surface area contributed by atoms with Crippen molar-refractivity contribution in [1.82, 2.24) is 5.32 Å². The van der Waals surface area contributed by atoms with Crippen LogP contribution in [0.3, 0.4) is 0 Å². The fourth-order valence-electron chi connectivity index (χ4n) is 0.702. The molecule has 0 saturated heterocycles. The van der Waals surface area contributed by atoms with Crippen molar-refractivity contribution in [2.75, 3.05) is 0 Å². The van der Waals surface area contributed by atoms with Crippen LogP contribution in [0.1, 0.15) is 6.92 Å². The van der Waals surface area contributed by atoms with E-state index < -0.39 is 0 Å². The molecule has 1 aliphatic heterocycles. The topological polar surface area (TPSA) is 32.3 Å². The number of hydrogen-bond acceptors (Lipinski definition) is 2. The van der Waals surface area contributed by atoms with Crippen molar-refractivity contribution in [3.8, 4) is 0 Å². The maximum Gasteiger partial charge on any atom is 0.139 e. The Morgan fingerprint density at radius 3 is 2.90 bits per heavy atom. The largest absolute Gasteiger partial charge is 0.506 e. The van der Waals surface area contributed by atoms with E-state index in [0.717, 1.165) is 10.2 Å². The van der Waals surface area contributed by atoms with Gasteiger partial charge < -0.3 is 10.4 Å². The zero-order valence-corrected chi connectivity index (χ0v) is 7.14. The minimum atomic E-state index is 0.261. The van der Waals surface area contributed by atoms with E-state index in [-0.39, 0.29) is 5.76 Å². The first-order valence-electron chi connectivity index (χ1n) is 2.93. The summed E-state index contributed by atoms with van der Waals surface area (Å²) >= 11 is 3.22. The summed E-state index contributed by atoms with van der Waals surface area (Å²) in [4.78, 5) is 0. The summed E-state index contributed by atoms with van der Waals surface area (Å²) in [5, 5.41) is 12.1. The van der Waals surface area contributed by atoms with Crippen molar-refractivity contribution in [2.45, 2.75) is 6.92 Å². The van der Waals surface area contributed by atoms with Crippen LogP contribution in [-0.4, -0.2) is 5.11 Å². The van der Waals surface area contributed by atoms with Crippen molar-refractivity contribution >= 4 is 15.9 Å². The Labute approximate surface area is 68.1 Å². The number of halogens is 1. The number of rotatable bonds is 0. The van der Waals surface area contributed by atoms with Crippen LogP contribution in [0.25, 0.3) is 0 Å². The van der Waals surface area contributed by atoms with E-state index in [1.54, 1.807) is 12.3 Å². The van der Waals surface area contributed by atoms with Gasteiger partial charge in [-0.05, 0) is 28.9 Å². The maximum absolute atomic E-state index is 9.20. The predicted molar refractivity (Wildman–Crippen MR) is 44.6 cm³/mol. The van der Waals surface area contributed by atoms with Crippen LogP contribution in [-0.2, 0) is 0 Å². The standard InChI is InChI=1S/C7H8BrNO/c1-2-6-7(10)3-5(8)4-9-6/h2-4,9-10H,1H3/b6-2-. The third-order valence-corrected chi connectivity index (χ3v) is 1.66. The lowest BCUT2D eigenvalue weighted by Crippen LogP contribution is -2.10. The van der Waals surface area contributed by atoms with E-state index in [4.69, 9.17) is 0 Å². The number of aliphatic hydroxyl groups excluding tert-OH is 1. The lowest BCUT2D eigenvalue weighted by Gasteiger charge is -2.10. The molecule has 3 heteroatoms. The van der Waals surface area contributed by atoms with Crippen molar-refractivity contribution in [3.05, 3.63) is 34.3 Å². The Morgan fingerprint density at radius 1 is 1.70 bits per heavy atom. The molecular weight excluding hydrogens is 194 g/mol. The normalized spacial score (nSPS) is 21.6. The molecule has 0 aromatic heterocycles. The highest BCUT2D eigenvalue weighted by molar-refractivity contribution is 9.11. The summed E-state index contributed by atoms with van der Waals surface area (Å²) < 4.78 is 0.843. The molecule has 1 heterocycles. The van der Waals surface area contributed by atoms with Gasteiger partial charge in [0, 0.05) is 10.7 Å². The molecule has 0 unspecified atom stereocenters. The summed E-state index contributed by atoms with van der Waals surface area (Å²) in [5.41, 5.74) is 0.739. The van der Waals surface area contributed by atoms with Crippen molar-refractivity contribution < 1.29 is 5.11 Å². The van der Waals surface area contributed by atoms with Crippen molar-refractivity contribution in [2.24, 2.45) is 0 Å². The minimum Gasteiger partial charge on any atom is -0.506 e. The molecule has 1 rings (SSSR count). The summed E-state index contributed by atoms with van der Waals surface area (Å²) in [6, 6.07) is 0. The SMILES string of the molecule is C/C=C1\NC=C(Br)C=C1O. The molecule has 0 aromatic rings. The van der Waals surface area contributed by atoms with Crippen LogP contribution in [0.4, 0.5) is 0 Å². The van der Waals surface area contributed by atoms with Gasteiger partial charge in [0.15, 0.2) is 0 Å². The van der Waals surface area contributed by atoms with Crippen molar-refractivity contribution in [1.29, 1.82) is 0 Å². The minimum absolute atomic E-state index is 0.261. The summed E-state index contributed by atoms with van der Waals surface area (Å²) in [5.74, 6) is 0.261. The monoisotopic (exact) mass is 201 g/mol. The summed E-state index contributed by atoms with van der Waals surface area (Å²) in [6.07, 6.45) is 5.22. The second-order valence-electron chi connectivity index (χ2n) is 1.91. The Morgan fingerprint density at radius 2 is 2.40 bits per heavy atom. The van der Waals surface area contributed by atoms with Gasteiger partial charge in [-0.15, -0.1) is 0 Å². The summed E-state index contributed by atoms with van der Waals surface area (Å²) in [7, 11) is 0. The third kappa shape index (κ3) is 1.42. The Hall–Kier alpha value is -0.700. The Bertz CT molecular complexity index is 228. The van der Waals surface area contributed by atoms with Crippen LogP contribution in [0, 0.1) is 0 Å². The second-order valence-corrected chi connectivity index (χ2v) is 2.82. The predicted octanol–water partition coefficient (Wildman–Crippen LogP) is 2.17. The molecule has 0 aromatic carbocycles. The fourth-order valence-corrected chi connectivity index (χ4v) is 1.03. The first kappa shape index (κ1) is 7.41. The van der Waals surface area contributed by atoms with Gasteiger partial charge in [-0.25, -0.2) is 0 Å². The molecule has 0 atom stereocenters. The van der Waals surface area contributed by atoms with Gasteiger partial charge in [-0.2, -0.15) is 0 Å². The highest BCUT2D eigenvalue weighted by atomic mass is 79.9. The molecule has 54 valence electrons. The molecular formula is C7H8BrNO. The smallest absolute Gasteiger partial charge is 0.139 e. The molecule has 0 amide bonds. The summed E-state index contributed by atoms with van der Waals surface area (Å²) in [6.45, 7) is 1.86. The highest BCUT2D eigenvalue weighted by Gasteiger charge is 2.04. The quantitative estimate of drug-likeness (QED) is 0.630. The van der Waals surface area contributed by atoms with Gasteiger partial charge in [0.05, 0.1) is 5.70 Å². The van der Waals surface area contributed by atoms with E-state index in [1.165, 1.54) is 0 Å². The van der Waals surface area contributed by atoms with E-state index in [1.807, 2.05) is 13.0 Å². The van der Waals surface area contributed by atoms with Crippen LogP contribution < -0.4 is 5.32 Å². The van der Waals surface area contributed by atoms with Gasteiger partial charge in [-0.3, -0.25) is 0 Å².